The zero-order chi connectivity index (χ0) is 15.2. The Morgan fingerprint density at radius 1 is 1.09 bits per heavy atom. The van der Waals surface area contributed by atoms with Crippen molar-refractivity contribution >= 4 is 45.5 Å². The number of anilines is 1. The van der Waals surface area contributed by atoms with E-state index in [1.807, 2.05) is 29.6 Å². The zero-order valence-corrected chi connectivity index (χ0v) is 14.0. The third kappa shape index (κ3) is 4.16. The second-order valence-electron chi connectivity index (χ2n) is 4.41. The number of thiophene rings is 1. The largest absolute Gasteiger partial charge is 0.296 e. The first-order valence-corrected chi connectivity index (χ1v) is 9.45. The molecule has 1 amide bonds. The van der Waals surface area contributed by atoms with Crippen LogP contribution in [0.2, 0.25) is 0 Å². The number of carbonyl (C=O) groups is 1. The van der Waals surface area contributed by atoms with Crippen LogP contribution in [0.5, 0.6) is 0 Å². The van der Waals surface area contributed by atoms with Gasteiger partial charge >= 0.3 is 0 Å². The molecule has 22 heavy (non-hydrogen) atoms. The predicted molar refractivity (Wildman–Crippen MR) is 93.6 cm³/mol. The predicted octanol–water partition coefficient (Wildman–Crippen LogP) is 4.29. The maximum Gasteiger partial charge on any atom is 0.267 e. The fourth-order valence-corrected chi connectivity index (χ4v) is 4.16. The molecule has 0 radical (unpaired) electrons. The van der Waals surface area contributed by atoms with Crippen molar-refractivity contribution in [2.75, 3.05) is 5.32 Å². The van der Waals surface area contributed by atoms with Crippen molar-refractivity contribution in [2.24, 2.45) is 0 Å². The van der Waals surface area contributed by atoms with Gasteiger partial charge in [0.15, 0.2) is 0 Å². The van der Waals surface area contributed by atoms with Gasteiger partial charge in [-0.3, -0.25) is 10.1 Å². The molecule has 0 spiro atoms. The second-order valence-corrected chi connectivity index (χ2v) is 7.41. The van der Waals surface area contributed by atoms with Crippen molar-refractivity contribution in [3.63, 3.8) is 0 Å². The Bertz CT molecular complexity index is 726. The summed E-state index contributed by atoms with van der Waals surface area (Å²) in [5, 5.41) is 14.3. The molecule has 112 valence electrons. The Labute approximate surface area is 140 Å². The number of benzene rings is 1. The Hall–Kier alpha value is -1.70. The van der Waals surface area contributed by atoms with E-state index in [-0.39, 0.29) is 5.91 Å². The normalized spacial score (nSPS) is 10.5. The summed E-state index contributed by atoms with van der Waals surface area (Å²) in [6, 6.07) is 14.0. The van der Waals surface area contributed by atoms with Crippen molar-refractivity contribution in [3.8, 4) is 0 Å². The summed E-state index contributed by atoms with van der Waals surface area (Å²) in [6.07, 6.45) is 0. The first-order valence-electron chi connectivity index (χ1n) is 6.60. The van der Waals surface area contributed by atoms with E-state index in [0.29, 0.717) is 10.0 Å². The molecule has 0 bridgehead atoms. The number of thioether (sulfide) groups is 1. The lowest BCUT2D eigenvalue weighted by Crippen LogP contribution is -2.09. The minimum Gasteiger partial charge on any atom is -0.296 e. The number of amides is 1. The van der Waals surface area contributed by atoms with Crippen LogP contribution in [0.15, 0.2) is 47.8 Å². The van der Waals surface area contributed by atoms with E-state index in [1.54, 1.807) is 17.8 Å². The van der Waals surface area contributed by atoms with Gasteiger partial charge in [0, 0.05) is 11.5 Å². The van der Waals surface area contributed by atoms with Gasteiger partial charge in [0.2, 0.25) is 5.13 Å². The molecule has 1 N–H and O–H groups in total. The van der Waals surface area contributed by atoms with E-state index < -0.39 is 0 Å². The average molecular weight is 347 g/mol. The lowest BCUT2D eigenvalue weighted by atomic mass is 10.2. The summed E-state index contributed by atoms with van der Waals surface area (Å²) in [7, 11) is 0. The maximum atomic E-state index is 11.9. The molecule has 0 unspecified atom stereocenters. The Morgan fingerprint density at radius 2 is 1.95 bits per heavy atom. The molecule has 0 aliphatic heterocycles. The van der Waals surface area contributed by atoms with Crippen LogP contribution >= 0.6 is 34.4 Å². The van der Waals surface area contributed by atoms with Gasteiger partial charge in [-0.1, -0.05) is 47.7 Å². The number of hydrogen-bond donors (Lipinski definition) is 1. The highest BCUT2D eigenvalue weighted by molar-refractivity contribution is 7.97. The number of carbonyl (C=O) groups excluding carboxylic acids is 1. The first-order chi connectivity index (χ1) is 10.8. The molecule has 0 saturated heterocycles. The summed E-state index contributed by atoms with van der Waals surface area (Å²) < 4.78 is 0. The SMILES string of the molecule is O=C(Nc1nnc(CSCc2ccccc2)s1)c1cccs1. The molecule has 0 aliphatic carbocycles. The van der Waals surface area contributed by atoms with E-state index in [0.717, 1.165) is 16.5 Å². The smallest absolute Gasteiger partial charge is 0.267 e. The Balaban J connectivity index is 1.50. The minimum atomic E-state index is -0.130. The van der Waals surface area contributed by atoms with E-state index >= 15 is 0 Å². The van der Waals surface area contributed by atoms with Crippen molar-refractivity contribution in [3.05, 3.63) is 63.3 Å². The van der Waals surface area contributed by atoms with Crippen molar-refractivity contribution in [2.45, 2.75) is 11.5 Å². The van der Waals surface area contributed by atoms with Crippen LogP contribution < -0.4 is 5.32 Å². The molecule has 7 heteroatoms. The number of aromatic nitrogens is 2. The van der Waals surface area contributed by atoms with Crippen molar-refractivity contribution in [1.29, 1.82) is 0 Å². The van der Waals surface area contributed by atoms with Crippen molar-refractivity contribution < 1.29 is 4.79 Å². The van der Waals surface area contributed by atoms with Crippen LogP contribution in [0, 0.1) is 0 Å². The van der Waals surface area contributed by atoms with Gasteiger partial charge in [0.25, 0.3) is 5.91 Å². The van der Waals surface area contributed by atoms with Crippen LogP contribution in [-0.2, 0) is 11.5 Å². The van der Waals surface area contributed by atoms with Gasteiger partial charge in [-0.05, 0) is 17.0 Å². The molecule has 4 nitrogen and oxygen atoms in total. The van der Waals surface area contributed by atoms with Gasteiger partial charge in [0.1, 0.15) is 5.01 Å². The maximum absolute atomic E-state index is 11.9. The molecular weight excluding hydrogens is 334 g/mol. The molecule has 1 aromatic carbocycles. The summed E-state index contributed by atoms with van der Waals surface area (Å²) in [5.74, 6) is 1.60. The molecule has 2 aromatic heterocycles. The second kappa shape index (κ2) is 7.53. The molecule has 0 aliphatic rings. The quantitative estimate of drug-likeness (QED) is 0.723. The molecular formula is C15H13N3OS3. The Kier molecular flexibility index (Phi) is 5.20. The third-order valence-electron chi connectivity index (χ3n) is 2.77. The van der Waals surface area contributed by atoms with E-state index in [4.69, 9.17) is 0 Å². The van der Waals surface area contributed by atoms with E-state index in [9.17, 15) is 4.79 Å². The molecule has 2 heterocycles. The van der Waals surface area contributed by atoms with E-state index in [1.165, 1.54) is 28.2 Å². The summed E-state index contributed by atoms with van der Waals surface area (Å²) in [6.45, 7) is 0. The van der Waals surface area contributed by atoms with Crippen LogP contribution in [0.1, 0.15) is 20.2 Å². The van der Waals surface area contributed by atoms with Gasteiger partial charge in [-0.2, -0.15) is 0 Å². The molecule has 0 saturated carbocycles. The summed E-state index contributed by atoms with van der Waals surface area (Å²) in [4.78, 5) is 12.6. The van der Waals surface area contributed by atoms with Gasteiger partial charge < -0.3 is 0 Å². The third-order valence-corrected chi connectivity index (χ3v) is 5.67. The van der Waals surface area contributed by atoms with E-state index in [2.05, 4.69) is 27.6 Å². The number of rotatable bonds is 6. The average Bonchev–Trinajstić information content (AvgIpc) is 3.20. The summed E-state index contributed by atoms with van der Waals surface area (Å²) >= 11 is 4.62. The lowest BCUT2D eigenvalue weighted by Gasteiger charge is -1.99. The number of nitrogens with one attached hydrogen (secondary N) is 1. The highest BCUT2D eigenvalue weighted by Gasteiger charge is 2.10. The zero-order valence-electron chi connectivity index (χ0n) is 11.6. The van der Waals surface area contributed by atoms with Crippen LogP contribution in [-0.4, -0.2) is 16.1 Å². The van der Waals surface area contributed by atoms with Crippen LogP contribution in [0.3, 0.4) is 0 Å². The Morgan fingerprint density at radius 3 is 2.73 bits per heavy atom. The van der Waals surface area contributed by atoms with Crippen LogP contribution in [0.4, 0.5) is 5.13 Å². The molecule has 0 fully saturated rings. The fraction of sp³-hybridized carbons (Fsp3) is 0.133. The number of nitrogens with zero attached hydrogens (tertiary/aromatic N) is 2. The monoisotopic (exact) mass is 347 g/mol. The lowest BCUT2D eigenvalue weighted by molar-refractivity contribution is 0.103. The summed E-state index contributed by atoms with van der Waals surface area (Å²) in [5.41, 5.74) is 1.29. The molecule has 3 rings (SSSR count). The minimum absolute atomic E-state index is 0.130. The highest BCUT2D eigenvalue weighted by Crippen LogP contribution is 2.23. The highest BCUT2D eigenvalue weighted by atomic mass is 32.2. The topological polar surface area (TPSA) is 54.9 Å². The van der Waals surface area contributed by atoms with Crippen molar-refractivity contribution in [1.82, 2.24) is 10.2 Å². The van der Waals surface area contributed by atoms with Crippen LogP contribution in [0.25, 0.3) is 0 Å². The van der Waals surface area contributed by atoms with Gasteiger partial charge in [-0.15, -0.1) is 33.3 Å². The standard InChI is InChI=1S/C15H13N3OS3/c19-14(12-7-4-8-21-12)16-15-18-17-13(22-15)10-20-9-11-5-2-1-3-6-11/h1-8H,9-10H2,(H,16,18,19). The fourth-order valence-electron chi connectivity index (χ4n) is 1.76. The van der Waals surface area contributed by atoms with Gasteiger partial charge in [0.05, 0.1) is 4.88 Å². The molecule has 0 atom stereocenters. The number of hydrogen-bond acceptors (Lipinski definition) is 6. The van der Waals surface area contributed by atoms with Gasteiger partial charge in [-0.25, -0.2) is 0 Å². The first kappa shape index (κ1) is 15.2. The molecule has 3 aromatic rings.